The van der Waals surface area contributed by atoms with Gasteiger partial charge in [0.1, 0.15) is 0 Å². The Morgan fingerprint density at radius 3 is 2.41 bits per heavy atom. The maximum atomic E-state index is 12.4. The van der Waals surface area contributed by atoms with Gasteiger partial charge in [0.25, 0.3) is 0 Å². The van der Waals surface area contributed by atoms with Crippen molar-refractivity contribution < 1.29 is 14.3 Å². The van der Waals surface area contributed by atoms with Gasteiger partial charge in [-0.2, -0.15) is 0 Å². The molecule has 1 aromatic rings. The van der Waals surface area contributed by atoms with E-state index in [1.165, 1.54) is 5.56 Å². The number of carbonyl (C=O) groups excluding carboxylic acids is 2. The lowest BCUT2D eigenvalue weighted by atomic mass is 9.99. The summed E-state index contributed by atoms with van der Waals surface area (Å²) in [5.74, 6) is 0.707. The van der Waals surface area contributed by atoms with Gasteiger partial charge in [0, 0.05) is 38.1 Å². The van der Waals surface area contributed by atoms with Crippen molar-refractivity contribution in [3.63, 3.8) is 0 Å². The third-order valence-corrected chi connectivity index (χ3v) is 4.98. The van der Waals surface area contributed by atoms with Crippen LogP contribution < -0.4 is 5.73 Å². The van der Waals surface area contributed by atoms with Gasteiger partial charge in [-0.15, -0.1) is 0 Å². The summed E-state index contributed by atoms with van der Waals surface area (Å²) in [6.45, 7) is 7.12. The fraction of sp³-hybridized carbons (Fsp3) is 0.636. The van der Waals surface area contributed by atoms with Crippen molar-refractivity contribution in [2.45, 2.75) is 58.5 Å². The Kier molecular flexibility index (Phi) is 8.95. The van der Waals surface area contributed by atoms with E-state index in [-0.39, 0.29) is 30.6 Å². The molecule has 2 rings (SSSR count). The highest BCUT2D eigenvalue weighted by Crippen LogP contribution is 2.16. The number of carbonyl (C=O) groups is 2. The van der Waals surface area contributed by atoms with Crippen LogP contribution in [0.3, 0.4) is 0 Å². The first-order chi connectivity index (χ1) is 13.0. The van der Waals surface area contributed by atoms with Crippen LogP contribution in [0.1, 0.15) is 61.9 Å². The second-order valence-corrected chi connectivity index (χ2v) is 7.81. The van der Waals surface area contributed by atoms with Crippen LogP contribution in [0.5, 0.6) is 0 Å². The zero-order valence-electron chi connectivity index (χ0n) is 16.8. The predicted octanol–water partition coefficient (Wildman–Crippen LogP) is 3.20. The molecule has 150 valence electrons. The van der Waals surface area contributed by atoms with E-state index in [0.29, 0.717) is 37.7 Å². The summed E-state index contributed by atoms with van der Waals surface area (Å²) in [6.07, 6.45) is 4.40. The van der Waals surface area contributed by atoms with Crippen molar-refractivity contribution in [3.05, 3.63) is 35.4 Å². The highest BCUT2D eigenvalue weighted by molar-refractivity contribution is 5.98. The molecule has 0 atom stereocenters. The molecular formula is C22H34N2O3. The quantitative estimate of drug-likeness (QED) is 0.504. The van der Waals surface area contributed by atoms with Crippen molar-refractivity contribution >= 4 is 11.7 Å². The third kappa shape index (κ3) is 7.43. The maximum Gasteiger partial charge on any atom is 0.223 e. The molecule has 0 aliphatic carbocycles. The second-order valence-electron chi connectivity index (χ2n) is 7.81. The summed E-state index contributed by atoms with van der Waals surface area (Å²) in [7, 11) is 0. The second kappa shape index (κ2) is 11.2. The zero-order valence-corrected chi connectivity index (χ0v) is 16.8. The maximum absolute atomic E-state index is 12.4. The van der Waals surface area contributed by atoms with E-state index in [0.717, 1.165) is 25.7 Å². The molecule has 1 fully saturated rings. The summed E-state index contributed by atoms with van der Waals surface area (Å²) in [6, 6.07) is 7.80. The van der Waals surface area contributed by atoms with E-state index in [1.807, 2.05) is 29.2 Å². The molecule has 0 radical (unpaired) electrons. The van der Waals surface area contributed by atoms with E-state index in [9.17, 15) is 9.59 Å². The van der Waals surface area contributed by atoms with Gasteiger partial charge in [-0.05, 0) is 43.7 Å². The van der Waals surface area contributed by atoms with Gasteiger partial charge < -0.3 is 15.4 Å². The van der Waals surface area contributed by atoms with Gasteiger partial charge in [-0.1, -0.05) is 38.1 Å². The summed E-state index contributed by atoms with van der Waals surface area (Å²) in [5, 5.41) is 0. The number of piperidine rings is 1. The molecule has 5 nitrogen and oxygen atoms in total. The SMILES string of the molecule is CC(C)Cc1ccc(C(=O)CCC(=O)N2CCC(OCCCN)CC2)cc1. The Bertz CT molecular complexity index is 590. The van der Waals surface area contributed by atoms with E-state index >= 15 is 0 Å². The normalized spacial score (nSPS) is 15.3. The highest BCUT2D eigenvalue weighted by atomic mass is 16.5. The largest absolute Gasteiger partial charge is 0.378 e. The minimum Gasteiger partial charge on any atom is -0.378 e. The number of Topliss-reactive ketones (excluding diaryl/α,β-unsaturated/α-hetero) is 1. The van der Waals surface area contributed by atoms with Crippen LogP contribution in [0.2, 0.25) is 0 Å². The van der Waals surface area contributed by atoms with E-state index in [1.54, 1.807) is 0 Å². The number of likely N-dealkylation sites (tertiary alicyclic amines) is 1. The molecule has 0 saturated carbocycles. The number of nitrogens with zero attached hydrogens (tertiary/aromatic N) is 1. The minimum absolute atomic E-state index is 0.0412. The summed E-state index contributed by atoms with van der Waals surface area (Å²) >= 11 is 0. The monoisotopic (exact) mass is 374 g/mol. The van der Waals surface area contributed by atoms with Crippen LogP contribution in [0.15, 0.2) is 24.3 Å². The van der Waals surface area contributed by atoms with Crippen LogP contribution in [0.25, 0.3) is 0 Å². The summed E-state index contributed by atoms with van der Waals surface area (Å²) < 4.78 is 5.77. The molecule has 1 aliphatic heterocycles. The molecule has 1 saturated heterocycles. The molecule has 1 amide bonds. The average molecular weight is 375 g/mol. The number of amides is 1. The third-order valence-electron chi connectivity index (χ3n) is 4.98. The number of ether oxygens (including phenoxy) is 1. The lowest BCUT2D eigenvalue weighted by molar-refractivity contribution is -0.133. The van der Waals surface area contributed by atoms with E-state index in [2.05, 4.69) is 13.8 Å². The van der Waals surface area contributed by atoms with Crippen molar-refractivity contribution in [3.8, 4) is 0 Å². The van der Waals surface area contributed by atoms with Crippen molar-refractivity contribution in [2.75, 3.05) is 26.2 Å². The molecular weight excluding hydrogens is 340 g/mol. The molecule has 2 N–H and O–H groups in total. The summed E-state index contributed by atoms with van der Waals surface area (Å²) in [5.41, 5.74) is 7.41. The number of benzene rings is 1. The molecule has 1 aromatic carbocycles. The fourth-order valence-corrected chi connectivity index (χ4v) is 3.43. The van der Waals surface area contributed by atoms with Crippen LogP contribution in [-0.2, 0) is 16.0 Å². The first-order valence-corrected chi connectivity index (χ1v) is 10.2. The van der Waals surface area contributed by atoms with Gasteiger partial charge in [0.15, 0.2) is 5.78 Å². The minimum atomic E-state index is 0.0412. The molecule has 1 heterocycles. The Balaban J connectivity index is 1.71. The lowest BCUT2D eigenvalue weighted by Crippen LogP contribution is -2.41. The standard InChI is InChI=1S/C22H34N2O3/c1-17(2)16-18-4-6-19(7-5-18)21(25)8-9-22(26)24-13-10-20(11-14-24)27-15-3-12-23/h4-7,17,20H,3,8-16,23H2,1-2H3. The first-order valence-electron chi connectivity index (χ1n) is 10.2. The van der Waals surface area contributed by atoms with Crippen LogP contribution in [0, 0.1) is 5.92 Å². The van der Waals surface area contributed by atoms with Crippen LogP contribution in [0.4, 0.5) is 0 Å². The number of hydrogen-bond acceptors (Lipinski definition) is 4. The van der Waals surface area contributed by atoms with Crippen molar-refractivity contribution in [1.29, 1.82) is 0 Å². The molecule has 0 unspecified atom stereocenters. The Hall–Kier alpha value is -1.72. The van der Waals surface area contributed by atoms with Crippen LogP contribution in [-0.4, -0.2) is 48.9 Å². The summed E-state index contributed by atoms with van der Waals surface area (Å²) in [4.78, 5) is 26.6. The van der Waals surface area contributed by atoms with Crippen molar-refractivity contribution in [1.82, 2.24) is 4.90 Å². The van der Waals surface area contributed by atoms with Crippen molar-refractivity contribution in [2.24, 2.45) is 11.7 Å². The molecule has 0 aromatic heterocycles. The fourth-order valence-electron chi connectivity index (χ4n) is 3.43. The Morgan fingerprint density at radius 1 is 1.15 bits per heavy atom. The Morgan fingerprint density at radius 2 is 1.81 bits per heavy atom. The van der Waals surface area contributed by atoms with Crippen LogP contribution >= 0.6 is 0 Å². The molecule has 1 aliphatic rings. The average Bonchev–Trinajstić information content (AvgIpc) is 2.66. The van der Waals surface area contributed by atoms with E-state index < -0.39 is 0 Å². The Labute approximate surface area is 163 Å². The van der Waals surface area contributed by atoms with Gasteiger partial charge in [-0.3, -0.25) is 9.59 Å². The predicted molar refractivity (Wildman–Crippen MR) is 108 cm³/mol. The molecule has 0 bridgehead atoms. The number of rotatable bonds is 10. The highest BCUT2D eigenvalue weighted by Gasteiger charge is 2.23. The molecule has 5 heteroatoms. The number of hydrogen-bond donors (Lipinski definition) is 1. The van der Waals surface area contributed by atoms with Gasteiger partial charge in [0.05, 0.1) is 6.10 Å². The lowest BCUT2D eigenvalue weighted by Gasteiger charge is -2.32. The zero-order chi connectivity index (χ0) is 19.6. The first kappa shape index (κ1) is 21.6. The molecule has 0 spiro atoms. The molecule has 27 heavy (non-hydrogen) atoms. The van der Waals surface area contributed by atoms with Gasteiger partial charge in [-0.25, -0.2) is 0 Å². The van der Waals surface area contributed by atoms with Gasteiger partial charge >= 0.3 is 0 Å². The van der Waals surface area contributed by atoms with E-state index in [4.69, 9.17) is 10.5 Å². The number of nitrogens with two attached hydrogens (primary N) is 1. The number of ketones is 1. The van der Waals surface area contributed by atoms with Gasteiger partial charge in [0.2, 0.25) is 5.91 Å². The topological polar surface area (TPSA) is 72.6 Å². The smallest absolute Gasteiger partial charge is 0.223 e.